The molecular weight excluding hydrogens is 302 g/mol. The topological polar surface area (TPSA) is 57.6 Å². The second-order valence-electron chi connectivity index (χ2n) is 6.31. The minimum Gasteiger partial charge on any atom is -0.481 e. The maximum Gasteiger partial charge on any atom is 0.311 e. The zero-order chi connectivity index (χ0) is 16.3. The first-order chi connectivity index (χ1) is 10.3. The van der Waals surface area contributed by atoms with Gasteiger partial charge in [0, 0.05) is 24.5 Å². The predicted octanol–water partition coefficient (Wildman–Crippen LogP) is 3.23. The van der Waals surface area contributed by atoms with E-state index in [1.54, 1.807) is 4.90 Å². The molecular formula is C17H22ClNO3. The molecule has 22 heavy (non-hydrogen) atoms. The van der Waals surface area contributed by atoms with Gasteiger partial charge in [0.05, 0.1) is 5.41 Å². The number of carbonyl (C=O) groups excluding carboxylic acids is 1. The fourth-order valence-corrected chi connectivity index (χ4v) is 3.13. The van der Waals surface area contributed by atoms with Crippen LogP contribution >= 0.6 is 11.6 Å². The molecule has 1 heterocycles. The largest absolute Gasteiger partial charge is 0.481 e. The van der Waals surface area contributed by atoms with E-state index < -0.39 is 11.4 Å². The van der Waals surface area contributed by atoms with Gasteiger partial charge in [-0.3, -0.25) is 9.59 Å². The lowest BCUT2D eigenvalue weighted by atomic mass is 9.76. The van der Waals surface area contributed by atoms with Gasteiger partial charge in [-0.25, -0.2) is 0 Å². The van der Waals surface area contributed by atoms with Gasteiger partial charge in [-0.15, -0.1) is 0 Å². The van der Waals surface area contributed by atoms with Crippen LogP contribution in [0.25, 0.3) is 0 Å². The van der Waals surface area contributed by atoms with E-state index in [-0.39, 0.29) is 11.8 Å². The molecule has 1 fully saturated rings. The molecule has 120 valence electrons. The summed E-state index contributed by atoms with van der Waals surface area (Å²) in [5, 5.41) is 10.2. The van der Waals surface area contributed by atoms with E-state index in [1.807, 2.05) is 38.1 Å². The molecule has 0 aromatic heterocycles. The summed E-state index contributed by atoms with van der Waals surface area (Å²) in [6, 6.07) is 7.45. The summed E-state index contributed by atoms with van der Waals surface area (Å²) in [5.41, 5.74) is 0.265. The van der Waals surface area contributed by atoms with Gasteiger partial charge in [0.15, 0.2) is 0 Å². The highest BCUT2D eigenvalue weighted by Crippen LogP contribution is 2.38. The van der Waals surface area contributed by atoms with Crippen molar-refractivity contribution < 1.29 is 14.7 Å². The molecule has 1 aromatic carbocycles. The van der Waals surface area contributed by atoms with Crippen LogP contribution in [0.15, 0.2) is 24.3 Å². The summed E-state index contributed by atoms with van der Waals surface area (Å²) in [6.07, 6.45) is 1.58. The molecule has 1 aromatic rings. The molecule has 0 saturated carbocycles. The van der Waals surface area contributed by atoms with Gasteiger partial charge >= 0.3 is 5.97 Å². The van der Waals surface area contributed by atoms with Gasteiger partial charge in [-0.1, -0.05) is 37.6 Å². The Hall–Kier alpha value is -1.55. The maximum atomic E-state index is 12.3. The third kappa shape index (κ3) is 3.43. The fourth-order valence-electron chi connectivity index (χ4n) is 3.00. The average molecular weight is 324 g/mol. The SMILES string of the molecule is CC(C)C1(C(=O)O)CCN(C(=O)CCc2ccc(Cl)cc2)C1. The molecule has 0 radical (unpaired) electrons. The third-order valence-corrected chi connectivity index (χ3v) is 4.98. The van der Waals surface area contributed by atoms with Crippen molar-refractivity contribution in [2.45, 2.75) is 33.1 Å². The Morgan fingerprint density at radius 2 is 1.95 bits per heavy atom. The van der Waals surface area contributed by atoms with Crippen LogP contribution in [0, 0.1) is 11.3 Å². The van der Waals surface area contributed by atoms with E-state index in [9.17, 15) is 14.7 Å². The Bertz CT molecular complexity index is 556. The molecule has 1 N–H and O–H groups in total. The lowest BCUT2D eigenvalue weighted by molar-refractivity contribution is -0.151. The minimum absolute atomic E-state index is 0.0130. The standard InChI is InChI=1S/C17H22ClNO3/c1-12(2)17(16(21)22)9-10-19(11-17)15(20)8-5-13-3-6-14(18)7-4-13/h3-4,6-7,12H,5,8-11H2,1-2H3,(H,21,22). The molecule has 1 atom stereocenters. The number of carboxylic acids is 1. The smallest absolute Gasteiger partial charge is 0.311 e. The van der Waals surface area contributed by atoms with Crippen molar-refractivity contribution in [1.82, 2.24) is 4.90 Å². The van der Waals surface area contributed by atoms with Crippen molar-refractivity contribution in [3.63, 3.8) is 0 Å². The van der Waals surface area contributed by atoms with Gasteiger partial charge < -0.3 is 10.0 Å². The number of likely N-dealkylation sites (tertiary alicyclic amines) is 1. The highest BCUT2D eigenvalue weighted by atomic mass is 35.5. The second kappa shape index (κ2) is 6.69. The van der Waals surface area contributed by atoms with E-state index in [4.69, 9.17) is 11.6 Å². The number of hydrogen-bond donors (Lipinski definition) is 1. The van der Waals surface area contributed by atoms with Crippen molar-refractivity contribution in [3.8, 4) is 0 Å². The quantitative estimate of drug-likeness (QED) is 0.905. The van der Waals surface area contributed by atoms with Crippen LogP contribution < -0.4 is 0 Å². The number of halogens is 1. The van der Waals surface area contributed by atoms with E-state index in [0.717, 1.165) is 5.56 Å². The molecule has 0 aliphatic carbocycles. The van der Waals surface area contributed by atoms with Crippen LogP contribution in [0.5, 0.6) is 0 Å². The molecule has 5 heteroatoms. The fraction of sp³-hybridized carbons (Fsp3) is 0.529. The summed E-state index contributed by atoms with van der Waals surface area (Å²) in [6.45, 7) is 4.68. The van der Waals surface area contributed by atoms with Gasteiger partial charge in [0.1, 0.15) is 0 Å². The zero-order valence-electron chi connectivity index (χ0n) is 13.0. The Labute approximate surface area is 136 Å². The number of carbonyl (C=O) groups is 2. The van der Waals surface area contributed by atoms with Gasteiger partial charge in [0.25, 0.3) is 0 Å². The number of rotatable bonds is 5. The highest BCUT2D eigenvalue weighted by molar-refractivity contribution is 6.30. The monoisotopic (exact) mass is 323 g/mol. The van der Waals surface area contributed by atoms with Crippen molar-refractivity contribution in [3.05, 3.63) is 34.9 Å². The lowest BCUT2D eigenvalue weighted by Gasteiger charge is -2.28. The number of aliphatic carboxylic acids is 1. The Kier molecular flexibility index (Phi) is 5.12. The second-order valence-corrected chi connectivity index (χ2v) is 6.74. The molecule has 1 saturated heterocycles. The molecule has 2 rings (SSSR count). The number of aryl methyl sites for hydroxylation is 1. The summed E-state index contributed by atoms with van der Waals surface area (Å²) in [4.78, 5) is 25.6. The first kappa shape index (κ1) is 16.8. The first-order valence-electron chi connectivity index (χ1n) is 7.61. The van der Waals surface area contributed by atoms with Crippen molar-refractivity contribution >= 4 is 23.5 Å². The summed E-state index contributed by atoms with van der Waals surface area (Å²) in [5.74, 6) is -0.756. The van der Waals surface area contributed by atoms with Crippen LogP contribution in [0.4, 0.5) is 0 Å². The predicted molar refractivity (Wildman–Crippen MR) is 85.9 cm³/mol. The van der Waals surface area contributed by atoms with Gasteiger partial charge in [0.2, 0.25) is 5.91 Å². The van der Waals surface area contributed by atoms with Crippen LogP contribution in [-0.2, 0) is 16.0 Å². The maximum absolute atomic E-state index is 12.3. The Morgan fingerprint density at radius 3 is 2.45 bits per heavy atom. The van der Waals surface area contributed by atoms with Crippen LogP contribution in [0.2, 0.25) is 5.02 Å². The molecule has 1 aliphatic heterocycles. The molecule has 0 spiro atoms. The number of carboxylic acid groups (broad SMARTS) is 1. The van der Waals surface area contributed by atoms with E-state index in [2.05, 4.69) is 0 Å². The van der Waals surface area contributed by atoms with Gasteiger partial charge in [-0.2, -0.15) is 0 Å². The van der Waals surface area contributed by atoms with E-state index in [0.29, 0.717) is 37.4 Å². The zero-order valence-corrected chi connectivity index (χ0v) is 13.8. The number of hydrogen-bond acceptors (Lipinski definition) is 2. The molecule has 1 unspecified atom stereocenters. The average Bonchev–Trinajstić information content (AvgIpc) is 2.93. The Morgan fingerprint density at radius 1 is 1.32 bits per heavy atom. The van der Waals surface area contributed by atoms with Gasteiger partial charge in [-0.05, 0) is 36.5 Å². The first-order valence-corrected chi connectivity index (χ1v) is 7.98. The Balaban J connectivity index is 1.94. The summed E-state index contributed by atoms with van der Waals surface area (Å²) >= 11 is 5.84. The van der Waals surface area contributed by atoms with Crippen LogP contribution in [0.1, 0.15) is 32.3 Å². The minimum atomic E-state index is -0.796. The molecule has 4 nitrogen and oxygen atoms in total. The van der Waals surface area contributed by atoms with E-state index >= 15 is 0 Å². The van der Waals surface area contributed by atoms with Crippen LogP contribution in [0.3, 0.4) is 0 Å². The molecule has 0 bridgehead atoms. The van der Waals surface area contributed by atoms with Crippen molar-refractivity contribution in [1.29, 1.82) is 0 Å². The molecule has 1 aliphatic rings. The number of amides is 1. The van der Waals surface area contributed by atoms with E-state index in [1.165, 1.54) is 0 Å². The highest BCUT2D eigenvalue weighted by Gasteiger charge is 2.48. The molecule has 1 amide bonds. The third-order valence-electron chi connectivity index (χ3n) is 4.73. The number of benzene rings is 1. The lowest BCUT2D eigenvalue weighted by Crippen LogP contribution is -2.40. The normalized spacial score (nSPS) is 21.4. The summed E-state index contributed by atoms with van der Waals surface area (Å²) in [7, 11) is 0. The van der Waals surface area contributed by atoms with Crippen LogP contribution in [-0.4, -0.2) is 35.0 Å². The van der Waals surface area contributed by atoms with Crippen molar-refractivity contribution in [2.75, 3.05) is 13.1 Å². The van der Waals surface area contributed by atoms with Crippen molar-refractivity contribution in [2.24, 2.45) is 11.3 Å². The number of nitrogens with zero attached hydrogens (tertiary/aromatic N) is 1. The summed E-state index contributed by atoms with van der Waals surface area (Å²) < 4.78 is 0.